The van der Waals surface area contributed by atoms with Crippen LogP contribution in [-0.2, 0) is 0 Å². The van der Waals surface area contributed by atoms with Crippen LogP contribution in [0.5, 0.6) is 0 Å². The van der Waals surface area contributed by atoms with Gasteiger partial charge < -0.3 is 14.9 Å². The maximum absolute atomic E-state index is 11.4. The van der Waals surface area contributed by atoms with Gasteiger partial charge in [0.15, 0.2) is 0 Å². The van der Waals surface area contributed by atoms with Crippen LogP contribution in [0, 0.1) is 10.1 Å². The molecule has 9 nitrogen and oxygen atoms in total. The summed E-state index contributed by atoms with van der Waals surface area (Å²) in [7, 11) is 0. The first-order valence-corrected chi connectivity index (χ1v) is 6.79. The summed E-state index contributed by atoms with van der Waals surface area (Å²) in [5.74, 6) is 0. The van der Waals surface area contributed by atoms with Crippen molar-refractivity contribution in [2.45, 2.75) is 0 Å². The van der Waals surface area contributed by atoms with Crippen molar-refractivity contribution in [2.24, 2.45) is 0 Å². The second-order valence-electron chi connectivity index (χ2n) is 5.03. The highest BCUT2D eigenvalue weighted by Crippen LogP contribution is 2.34. The Morgan fingerprint density at radius 3 is 2.81 bits per heavy atom. The fourth-order valence-corrected chi connectivity index (χ4v) is 2.73. The fourth-order valence-electron chi connectivity index (χ4n) is 2.73. The number of quaternary nitrogens is 1. The largest absolute Gasteiger partial charge is 0.391 e. The molecule has 2 aromatic rings. The number of nitro groups is 1. The van der Waals surface area contributed by atoms with Crippen molar-refractivity contribution in [3.8, 4) is 0 Å². The number of hydrogen-bond donors (Lipinski definition) is 2. The molecule has 1 fully saturated rings. The van der Waals surface area contributed by atoms with Crippen molar-refractivity contribution in [1.29, 1.82) is 0 Å². The highest BCUT2D eigenvalue weighted by molar-refractivity contribution is 5.91. The minimum absolute atomic E-state index is 0.0561. The molecule has 3 rings (SSSR count). The van der Waals surface area contributed by atoms with E-state index in [9.17, 15) is 10.1 Å². The first-order valence-electron chi connectivity index (χ1n) is 6.79. The summed E-state index contributed by atoms with van der Waals surface area (Å²) in [6, 6.07) is 3.38. The number of nitrogens with one attached hydrogen (secondary N) is 1. The third-order valence-corrected chi connectivity index (χ3v) is 3.84. The minimum Gasteiger partial charge on any atom is -0.391 e. The average Bonchev–Trinajstić information content (AvgIpc) is 2.95. The van der Waals surface area contributed by atoms with E-state index in [0.717, 1.165) is 13.1 Å². The molecule has 21 heavy (non-hydrogen) atoms. The van der Waals surface area contributed by atoms with Crippen molar-refractivity contribution in [3.63, 3.8) is 0 Å². The van der Waals surface area contributed by atoms with Crippen molar-refractivity contribution in [2.75, 3.05) is 44.2 Å². The van der Waals surface area contributed by atoms with E-state index in [1.54, 1.807) is 12.1 Å². The van der Waals surface area contributed by atoms with Crippen LogP contribution in [0.4, 0.5) is 11.4 Å². The summed E-state index contributed by atoms with van der Waals surface area (Å²) in [6.07, 6.45) is 0. The van der Waals surface area contributed by atoms with Gasteiger partial charge in [0, 0.05) is 0 Å². The Hall–Kier alpha value is -2.26. The van der Waals surface area contributed by atoms with Crippen LogP contribution >= 0.6 is 0 Å². The maximum Gasteiger partial charge on any atom is 0.323 e. The molecule has 1 aliphatic heterocycles. The minimum atomic E-state index is -0.436. The van der Waals surface area contributed by atoms with Gasteiger partial charge in [-0.15, -0.1) is 0 Å². The molecule has 0 spiro atoms. The van der Waals surface area contributed by atoms with Crippen LogP contribution in [0.15, 0.2) is 16.8 Å². The SMILES string of the molecule is O=[N+]([O-])c1c(N2CC[NH+](CCO)CC2)ccc2nonc12. The molecule has 9 heteroatoms. The van der Waals surface area contributed by atoms with Crippen LogP contribution in [0.25, 0.3) is 11.0 Å². The number of aliphatic hydroxyl groups is 1. The normalized spacial score (nSPS) is 16.5. The van der Waals surface area contributed by atoms with Crippen molar-refractivity contribution in [3.05, 3.63) is 22.2 Å². The number of aromatic nitrogens is 2. The van der Waals surface area contributed by atoms with Gasteiger partial charge in [-0.3, -0.25) is 10.1 Å². The first-order chi connectivity index (χ1) is 10.2. The molecule has 1 aromatic heterocycles. The predicted octanol–water partition coefficient (Wildman–Crippen LogP) is -1.17. The van der Waals surface area contributed by atoms with E-state index in [0.29, 0.717) is 30.8 Å². The lowest BCUT2D eigenvalue weighted by Crippen LogP contribution is -3.15. The lowest BCUT2D eigenvalue weighted by molar-refractivity contribution is -0.900. The van der Waals surface area contributed by atoms with Gasteiger partial charge in [-0.05, 0) is 22.4 Å². The number of piperazine rings is 1. The standard InChI is InChI=1S/C12H15N5O4/c18-8-7-15-3-5-16(6-4-15)10-2-1-9-11(14-21-13-9)12(10)17(19)20/h1-2,18H,3-8H2/p+1. The van der Waals surface area contributed by atoms with E-state index in [1.165, 1.54) is 4.90 Å². The Morgan fingerprint density at radius 2 is 2.14 bits per heavy atom. The molecule has 1 aliphatic rings. The molecular formula is C12H16N5O4+. The maximum atomic E-state index is 11.4. The number of benzene rings is 1. The number of rotatable bonds is 4. The number of nitro benzene ring substituents is 1. The molecule has 0 bridgehead atoms. The van der Waals surface area contributed by atoms with Gasteiger partial charge in [0.2, 0.25) is 5.52 Å². The van der Waals surface area contributed by atoms with E-state index >= 15 is 0 Å². The number of anilines is 1. The summed E-state index contributed by atoms with van der Waals surface area (Å²) in [6.45, 7) is 3.95. The van der Waals surface area contributed by atoms with Crippen molar-refractivity contribution in [1.82, 2.24) is 10.3 Å². The van der Waals surface area contributed by atoms with Crippen LogP contribution in [0.1, 0.15) is 0 Å². The van der Waals surface area contributed by atoms with Crippen LogP contribution < -0.4 is 9.80 Å². The average molecular weight is 294 g/mol. The van der Waals surface area contributed by atoms with E-state index in [-0.39, 0.29) is 17.8 Å². The zero-order chi connectivity index (χ0) is 14.8. The molecule has 1 aromatic carbocycles. The topological polar surface area (TPSA) is 110 Å². The smallest absolute Gasteiger partial charge is 0.323 e. The third kappa shape index (κ3) is 2.52. The lowest BCUT2D eigenvalue weighted by atomic mass is 10.2. The molecule has 0 amide bonds. The summed E-state index contributed by atoms with van der Waals surface area (Å²) >= 11 is 0. The molecule has 2 heterocycles. The number of fused-ring (bicyclic) bond motifs is 1. The van der Waals surface area contributed by atoms with Gasteiger partial charge in [-0.2, -0.15) is 0 Å². The Bertz CT molecular complexity index is 650. The molecule has 0 unspecified atom stereocenters. The van der Waals surface area contributed by atoms with Gasteiger partial charge in [-0.25, -0.2) is 4.63 Å². The summed E-state index contributed by atoms with van der Waals surface area (Å²) in [5, 5.41) is 27.6. The number of nitrogens with zero attached hydrogens (tertiary/aromatic N) is 4. The van der Waals surface area contributed by atoms with E-state index in [1.807, 2.05) is 4.90 Å². The van der Waals surface area contributed by atoms with Gasteiger partial charge >= 0.3 is 5.69 Å². The molecule has 0 atom stereocenters. The Balaban J connectivity index is 1.90. The summed E-state index contributed by atoms with van der Waals surface area (Å²) < 4.78 is 4.59. The van der Waals surface area contributed by atoms with E-state index < -0.39 is 4.92 Å². The van der Waals surface area contributed by atoms with Crippen LogP contribution in [0.3, 0.4) is 0 Å². The highest BCUT2D eigenvalue weighted by atomic mass is 16.6. The second-order valence-corrected chi connectivity index (χ2v) is 5.03. The number of hydrogen-bond acceptors (Lipinski definition) is 7. The Labute approximate surface area is 119 Å². The van der Waals surface area contributed by atoms with E-state index in [2.05, 4.69) is 14.9 Å². The quantitative estimate of drug-likeness (QED) is 0.540. The highest BCUT2D eigenvalue weighted by Gasteiger charge is 2.29. The lowest BCUT2D eigenvalue weighted by Gasteiger charge is -2.32. The molecule has 0 aliphatic carbocycles. The Morgan fingerprint density at radius 1 is 1.38 bits per heavy atom. The van der Waals surface area contributed by atoms with Gasteiger partial charge in [0.05, 0.1) is 37.7 Å². The fraction of sp³-hybridized carbons (Fsp3) is 0.500. The summed E-state index contributed by atoms with van der Waals surface area (Å²) in [4.78, 5) is 14.2. The molecular weight excluding hydrogens is 278 g/mol. The monoisotopic (exact) mass is 294 g/mol. The Kier molecular flexibility index (Phi) is 3.67. The zero-order valence-electron chi connectivity index (χ0n) is 11.4. The first kappa shape index (κ1) is 13.7. The van der Waals surface area contributed by atoms with Gasteiger partial charge in [0.25, 0.3) is 0 Å². The van der Waals surface area contributed by atoms with Gasteiger partial charge in [0.1, 0.15) is 17.7 Å². The second kappa shape index (κ2) is 5.62. The van der Waals surface area contributed by atoms with Gasteiger partial charge in [-0.1, -0.05) is 0 Å². The molecule has 0 saturated carbocycles. The third-order valence-electron chi connectivity index (χ3n) is 3.84. The molecule has 1 saturated heterocycles. The van der Waals surface area contributed by atoms with Crippen LogP contribution in [0.2, 0.25) is 0 Å². The molecule has 0 radical (unpaired) electrons. The van der Waals surface area contributed by atoms with Crippen molar-refractivity contribution >= 4 is 22.4 Å². The zero-order valence-corrected chi connectivity index (χ0v) is 11.4. The predicted molar refractivity (Wildman–Crippen MR) is 73.3 cm³/mol. The molecule has 2 N–H and O–H groups in total. The van der Waals surface area contributed by atoms with Crippen molar-refractivity contribution < 1.29 is 19.6 Å². The van der Waals surface area contributed by atoms with E-state index in [4.69, 9.17) is 5.11 Å². The molecule has 112 valence electrons. The number of aliphatic hydroxyl groups excluding tert-OH is 1. The van der Waals surface area contributed by atoms with Crippen LogP contribution in [-0.4, -0.2) is 59.7 Å². The summed E-state index contributed by atoms with van der Waals surface area (Å²) in [5.41, 5.74) is 1.06.